The zero-order valence-corrected chi connectivity index (χ0v) is 9.97. The number of halogens is 4. The molecular weight excluding hydrogens is 271 g/mol. The minimum absolute atomic E-state index is 0.0379. The largest absolute Gasteiger partial charge is 0.472 e. The molecule has 6 heteroatoms. The highest BCUT2D eigenvalue weighted by atomic mass is 35.5. The van der Waals surface area contributed by atoms with Crippen molar-refractivity contribution in [2.45, 2.75) is 6.43 Å². The van der Waals surface area contributed by atoms with Gasteiger partial charge in [-0.25, -0.2) is 13.8 Å². The molecule has 90 valence electrons. The van der Waals surface area contributed by atoms with Gasteiger partial charge in [-0.2, -0.15) is 0 Å². The van der Waals surface area contributed by atoms with Crippen molar-refractivity contribution in [3.8, 4) is 5.88 Å². The van der Waals surface area contributed by atoms with Crippen molar-refractivity contribution in [3.63, 3.8) is 0 Å². The van der Waals surface area contributed by atoms with Crippen LogP contribution in [0, 0.1) is 0 Å². The summed E-state index contributed by atoms with van der Waals surface area (Å²) >= 11 is 11.9. The molecule has 17 heavy (non-hydrogen) atoms. The van der Waals surface area contributed by atoms with Gasteiger partial charge in [0.25, 0.3) is 6.43 Å². The Balaban J connectivity index is 2.43. The fourth-order valence-corrected chi connectivity index (χ4v) is 1.88. The number of benzene rings is 1. The van der Waals surface area contributed by atoms with Gasteiger partial charge in [-0.15, -0.1) is 0 Å². The van der Waals surface area contributed by atoms with Gasteiger partial charge in [0.2, 0.25) is 5.88 Å². The van der Waals surface area contributed by atoms with Gasteiger partial charge >= 0.3 is 0 Å². The van der Waals surface area contributed by atoms with Gasteiger partial charge in [0, 0.05) is 21.9 Å². The molecular formula is C11H7Cl2F2NO. The van der Waals surface area contributed by atoms with E-state index < -0.39 is 13.0 Å². The van der Waals surface area contributed by atoms with E-state index in [1.54, 1.807) is 18.2 Å². The van der Waals surface area contributed by atoms with Crippen LogP contribution >= 0.6 is 23.2 Å². The molecule has 0 aliphatic carbocycles. The molecule has 0 amide bonds. The maximum absolute atomic E-state index is 12.0. The number of nitrogens with zero attached hydrogens (tertiary/aromatic N) is 1. The lowest BCUT2D eigenvalue weighted by Crippen LogP contribution is -2.08. The van der Waals surface area contributed by atoms with Crippen molar-refractivity contribution < 1.29 is 13.5 Å². The highest BCUT2D eigenvalue weighted by Gasteiger charge is 2.09. The van der Waals surface area contributed by atoms with Crippen molar-refractivity contribution in [1.29, 1.82) is 0 Å². The molecule has 0 bridgehead atoms. The molecule has 1 aromatic heterocycles. The van der Waals surface area contributed by atoms with Gasteiger partial charge in [-0.3, -0.25) is 0 Å². The molecule has 2 nitrogen and oxygen atoms in total. The summed E-state index contributed by atoms with van der Waals surface area (Å²) in [5, 5.41) is 1.92. The summed E-state index contributed by atoms with van der Waals surface area (Å²) in [7, 11) is 0. The summed E-state index contributed by atoms with van der Waals surface area (Å²) in [4.78, 5) is 3.87. The molecule has 0 N–H and O–H groups in total. The number of hydrogen-bond donors (Lipinski definition) is 0. The van der Waals surface area contributed by atoms with E-state index in [0.717, 1.165) is 0 Å². The summed E-state index contributed by atoms with van der Waals surface area (Å²) in [5.41, 5.74) is 0. The van der Waals surface area contributed by atoms with Crippen molar-refractivity contribution >= 4 is 34.0 Å². The van der Waals surface area contributed by atoms with Crippen LogP contribution in [0.25, 0.3) is 10.8 Å². The van der Waals surface area contributed by atoms with Gasteiger partial charge < -0.3 is 4.74 Å². The van der Waals surface area contributed by atoms with Gasteiger partial charge in [-0.1, -0.05) is 35.3 Å². The zero-order valence-electron chi connectivity index (χ0n) is 8.46. The minimum atomic E-state index is -2.56. The molecule has 0 unspecified atom stereocenters. The first-order valence-corrected chi connectivity index (χ1v) is 5.49. The Morgan fingerprint density at radius 3 is 2.71 bits per heavy atom. The molecule has 0 atom stereocenters. The van der Waals surface area contributed by atoms with Crippen molar-refractivity contribution in [2.24, 2.45) is 0 Å². The maximum Gasteiger partial charge on any atom is 0.272 e. The Hall–Kier alpha value is -1.13. The second-order valence-corrected chi connectivity index (χ2v) is 4.05. The predicted octanol–water partition coefficient (Wildman–Crippen LogP) is 4.19. The van der Waals surface area contributed by atoms with Crippen LogP contribution in [0.4, 0.5) is 8.78 Å². The normalized spacial score (nSPS) is 11.1. The van der Waals surface area contributed by atoms with E-state index in [1.807, 2.05) is 0 Å². The molecule has 2 rings (SSSR count). The van der Waals surface area contributed by atoms with Crippen molar-refractivity contribution in [2.75, 3.05) is 6.61 Å². The van der Waals surface area contributed by atoms with Crippen LogP contribution in [-0.4, -0.2) is 18.0 Å². The Labute approximate surface area is 106 Å². The number of pyridine rings is 1. The van der Waals surface area contributed by atoms with Gasteiger partial charge in [0.1, 0.15) is 5.15 Å². The molecule has 0 aliphatic rings. The lowest BCUT2D eigenvalue weighted by Gasteiger charge is -2.07. The number of aromatic nitrogens is 1. The number of alkyl halides is 2. The molecule has 2 aromatic rings. The lowest BCUT2D eigenvalue weighted by molar-refractivity contribution is 0.0797. The van der Waals surface area contributed by atoms with E-state index in [9.17, 15) is 8.78 Å². The van der Waals surface area contributed by atoms with E-state index in [-0.39, 0.29) is 11.0 Å². The summed E-state index contributed by atoms with van der Waals surface area (Å²) < 4.78 is 28.8. The number of rotatable bonds is 3. The number of ether oxygens (including phenoxy) is 1. The Morgan fingerprint density at radius 1 is 1.24 bits per heavy atom. The Bertz CT molecular complexity index is 548. The standard InChI is InChI=1S/C11H7Cl2F2NO/c12-8-3-1-2-6-7(8)4-10(16-11(6)13)17-5-9(14)15/h1-4,9H,5H2. The van der Waals surface area contributed by atoms with Crippen LogP contribution in [-0.2, 0) is 0 Å². The highest BCUT2D eigenvalue weighted by Crippen LogP contribution is 2.30. The molecule has 1 heterocycles. The van der Waals surface area contributed by atoms with E-state index in [4.69, 9.17) is 27.9 Å². The third-order valence-corrected chi connectivity index (χ3v) is 2.73. The lowest BCUT2D eigenvalue weighted by atomic mass is 10.2. The van der Waals surface area contributed by atoms with Crippen LogP contribution in [0.1, 0.15) is 0 Å². The van der Waals surface area contributed by atoms with Crippen molar-refractivity contribution in [1.82, 2.24) is 4.98 Å². The van der Waals surface area contributed by atoms with Gasteiger partial charge in [0.05, 0.1) is 0 Å². The van der Waals surface area contributed by atoms with Gasteiger partial charge in [-0.05, 0) is 6.07 Å². The fraction of sp³-hybridized carbons (Fsp3) is 0.182. The maximum atomic E-state index is 12.0. The van der Waals surface area contributed by atoms with Crippen LogP contribution < -0.4 is 4.74 Å². The van der Waals surface area contributed by atoms with Crippen LogP contribution in [0.2, 0.25) is 10.2 Å². The van der Waals surface area contributed by atoms with Crippen LogP contribution in [0.3, 0.4) is 0 Å². The predicted molar refractivity (Wildman–Crippen MR) is 63.3 cm³/mol. The summed E-state index contributed by atoms with van der Waals surface area (Å²) in [6, 6.07) is 6.65. The SMILES string of the molecule is FC(F)COc1cc2c(Cl)cccc2c(Cl)n1. The molecule has 0 saturated heterocycles. The summed E-state index contributed by atoms with van der Waals surface area (Å²) in [6.07, 6.45) is -2.56. The molecule has 0 radical (unpaired) electrons. The first-order chi connectivity index (χ1) is 8.08. The second kappa shape index (κ2) is 5.02. The molecule has 0 fully saturated rings. The molecule has 0 aliphatic heterocycles. The van der Waals surface area contributed by atoms with Crippen LogP contribution in [0.15, 0.2) is 24.3 Å². The topological polar surface area (TPSA) is 22.1 Å². The average Bonchev–Trinajstić information content (AvgIpc) is 2.28. The highest BCUT2D eigenvalue weighted by molar-refractivity contribution is 6.39. The third-order valence-electron chi connectivity index (χ3n) is 2.11. The van der Waals surface area contributed by atoms with E-state index in [1.165, 1.54) is 6.07 Å². The fourth-order valence-electron chi connectivity index (χ4n) is 1.40. The monoisotopic (exact) mass is 277 g/mol. The third kappa shape index (κ3) is 2.76. The minimum Gasteiger partial charge on any atom is -0.472 e. The summed E-state index contributed by atoms with van der Waals surface area (Å²) in [5.74, 6) is 0.0379. The zero-order chi connectivity index (χ0) is 12.4. The van der Waals surface area contributed by atoms with Crippen molar-refractivity contribution in [3.05, 3.63) is 34.4 Å². The van der Waals surface area contributed by atoms with Gasteiger partial charge in [0.15, 0.2) is 6.61 Å². The number of fused-ring (bicyclic) bond motifs is 1. The quantitative estimate of drug-likeness (QED) is 0.785. The molecule has 0 spiro atoms. The molecule has 0 saturated carbocycles. The summed E-state index contributed by atoms with van der Waals surface area (Å²) in [6.45, 7) is -0.723. The van der Waals surface area contributed by atoms with E-state index in [2.05, 4.69) is 4.98 Å². The average molecular weight is 278 g/mol. The Morgan fingerprint density at radius 2 is 2.00 bits per heavy atom. The van der Waals surface area contributed by atoms with Crippen LogP contribution in [0.5, 0.6) is 5.88 Å². The first kappa shape index (κ1) is 12.3. The smallest absolute Gasteiger partial charge is 0.272 e. The van der Waals surface area contributed by atoms with E-state index in [0.29, 0.717) is 15.8 Å². The Kier molecular flexibility index (Phi) is 3.64. The second-order valence-electron chi connectivity index (χ2n) is 3.29. The van der Waals surface area contributed by atoms with E-state index >= 15 is 0 Å². The molecule has 1 aromatic carbocycles. The number of hydrogen-bond acceptors (Lipinski definition) is 2. The first-order valence-electron chi connectivity index (χ1n) is 4.73.